The second-order valence-corrected chi connectivity index (χ2v) is 2.86. The second kappa shape index (κ2) is 3.56. The number of carbonyl (C=O) groups excluding carboxylic acids is 1. The Morgan fingerprint density at radius 2 is 2.50 bits per heavy atom. The maximum absolute atomic E-state index is 10.0. The average molecular weight is 142 g/mol. The molecule has 0 aromatic carbocycles. The van der Waals surface area contributed by atoms with Gasteiger partial charge in [-0.1, -0.05) is 0 Å². The van der Waals surface area contributed by atoms with Crippen LogP contribution in [-0.4, -0.2) is 25.0 Å². The highest BCUT2D eigenvalue weighted by molar-refractivity contribution is 5.46. The van der Waals surface area contributed by atoms with Crippen molar-refractivity contribution in [1.82, 2.24) is 10.6 Å². The summed E-state index contributed by atoms with van der Waals surface area (Å²) < 4.78 is 0. The molecule has 2 unspecified atom stereocenters. The van der Waals surface area contributed by atoms with E-state index in [1.165, 1.54) is 0 Å². The molecule has 58 valence electrons. The van der Waals surface area contributed by atoms with E-state index in [1.54, 1.807) is 0 Å². The minimum atomic E-state index is 0.397. The third-order valence-corrected chi connectivity index (χ3v) is 1.93. The summed E-state index contributed by atoms with van der Waals surface area (Å²) in [5, 5.41) is 6.11. The standard InChI is InChI=1S/C7H14N2O/c1-6-4-7(9-5-10)2-3-8-6/h5-8H,2-4H2,1H3,(H,9,10). The van der Waals surface area contributed by atoms with Crippen molar-refractivity contribution in [3.05, 3.63) is 0 Å². The summed E-state index contributed by atoms with van der Waals surface area (Å²) in [6.07, 6.45) is 2.91. The molecule has 0 spiro atoms. The molecule has 2 atom stereocenters. The molecule has 1 amide bonds. The van der Waals surface area contributed by atoms with Gasteiger partial charge >= 0.3 is 0 Å². The van der Waals surface area contributed by atoms with Crippen molar-refractivity contribution >= 4 is 6.41 Å². The van der Waals surface area contributed by atoms with Crippen LogP contribution in [0.15, 0.2) is 0 Å². The van der Waals surface area contributed by atoms with E-state index < -0.39 is 0 Å². The van der Waals surface area contributed by atoms with Gasteiger partial charge in [0.1, 0.15) is 0 Å². The molecule has 0 bridgehead atoms. The summed E-state index contributed by atoms with van der Waals surface area (Å²) in [5.41, 5.74) is 0. The van der Waals surface area contributed by atoms with Crippen LogP contribution in [0.4, 0.5) is 0 Å². The van der Waals surface area contributed by atoms with Gasteiger partial charge < -0.3 is 10.6 Å². The lowest BCUT2D eigenvalue weighted by molar-refractivity contribution is -0.110. The summed E-state index contributed by atoms with van der Waals surface area (Å²) in [4.78, 5) is 10.0. The Morgan fingerprint density at radius 1 is 1.70 bits per heavy atom. The highest BCUT2D eigenvalue weighted by Crippen LogP contribution is 2.06. The van der Waals surface area contributed by atoms with E-state index in [0.717, 1.165) is 25.8 Å². The van der Waals surface area contributed by atoms with Crippen LogP contribution in [0.3, 0.4) is 0 Å². The SMILES string of the molecule is CC1CC(NC=O)CCN1. The maximum atomic E-state index is 10.0. The highest BCUT2D eigenvalue weighted by Gasteiger charge is 2.16. The van der Waals surface area contributed by atoms with Crippen LogP contribution in [0.25, 0.3) is 0 Å². The predicted molar refractivity (Wildman–Crippen MR) is 39.7 cm³/mol. The normalized spacial score (nSPS) is 33.3. The van der Waals surface area contributed by atoms with E-state index in [4.69, 9.17) is 0 Å². The fraction of sp³-hybridized carbons (Fsp3) is 0.857. The van der Waals surface area contributed by atoms with E-state index in [2.05, 4.69) is 17.6 Å². The lowest BCUT2D eigenvalue weighted by atomic mass is 10.0. The van der Waals surface area contributed by atoms with Crippen molar-refractivity contribution in [2.75, 3.05) is 6.54 Å². The lowest BCUT2D eigenvalue weighted by Gasteiger charge is -2.27. The molecule has 1 saturated heterocycles. The Morgan fingerprint density at radius 3 is 3.10 bits per heavy atom. The molecule has 1 aliphatic rings. The van der Waals surface area contributed by atoms with Gasteiger partial charge in [-0.25, -0.2) is 0 Å². The van der Waals surface area contributed by atoms with Crippen molar-refractivity contribution < 1.29 is 4.79 Å². The molecule has 0 aromatic heterocycles. The van der Waals surface area contributed by atoms with Gasteiger partial charge in [0, 0.05) is 12.1 Å². The molecule has 0 radical (unpaired) electrons. The average Bonchev–Trinajstić information content (AvgIpc) is 1.88. The van der Waals surface area contributed by atoms with Crippen LogP contribution < -0.4 is 10.6 Å². The second-order valence-electron chi connectivity index (χ2n) is 2.86. The zero-order valence-electron chi connectivity index (χ0n) is 6.26. The topological polar surface area (TPSA) is 41.1 Å². The molecule has 2 N–H and O–H groups in total. The van der Waals surface area contributed by atoms with E-state index in [0.29, 0.717) is 12.1 Å². The first-order chi connectivity index (χ1) is 4.83. The Kier molecular flexibility index (Phi) is 2.68. The Labute approximate surface area is 61.2 Å². The number of hydrogen-bond acceptors (Lipinski definition) is 2. The molecule has 1 fully saturated rings. The summed E-state index contributed by atoms with van der Waals surface area (Å²) in [6.45, 7) is 3.16. The Hall–Kier alpha value is -0.570. The van der Waals surface area contributed by atoms with Crippen molar-refractivity contribution in [1.29, 1.82) is 0 Å². The van der Waals surface area contributed by atoms with Crippen molar-refractivity contribution in [3.63, 3.8) is 0 Å². The van der Waals surface area contributed by atoms with Crippen LogP contribution in [0.5, 0.6) is 0 Å². The maximum Gasteiger partial charge on any atom is 0.207 e. The quantitative estimate of drug-likeness (QED) is 0.527. The largest absolute Gasteiger partial charge is 0.356 e. The van der Waals surface area contributed by atoms with Gasteiger partial charge in [0.25, 0.3) is 0 Å². The van der Waals surface area contributed by atoms with Gasteiger partial charge in [-0.15, -0.1) is 0 Å². The molecular formula is C7H14N2O. The smallest absolute Gasteiger partial charge is 0.207 e. The lowest BCUT2D eigenvalue weighted by Crippen LogP contribution is -2.44. The Bertz CT molecular complexity index is 116. The number of nitrogens with one attached hydrogen (secondary N) is 2. The van der Waals surface area contributed by atoms with E-state index in [1.807, 2.05) is 0 Å². The van der Waals surface area contributed by atoms with Crippen LogP contribution in [-0.2, 0) is 4.79 Å². The van der Waals surface area contributed by atoms with Crippen LogP contribution in [0.2, 0.25) is 0 Å². The third kappa shape index (κ3) is 1.99. The van der Waals surface area contributed by atoms with Gasteiger partial charge in [-0.3, -0.25) is 4.79 Å². The van der Waals surface area contributed by atoms with Crippen LogP contribution in [0.1, 0.15) is 19.8 Å². The minimum absolute atomic E-state index is 0.397. The van der Waals surface area contributed by atoms with Crippen molar-refractivity contribution in [2.45, 2.75) is 31.8 Å². The van der Waals surface area contributed by atoms with Gasteiger partial charge in [-0.2, -0.15) is 0 Å². The predicted octanol–water partition coefficient (Wildman–Crippen LogP) is -0.127. The molecule has 3 heteroatoms. The molecular weight excluding hydrogens is 128 g/mol. The van der Waals surface area contributed by atoms with Gasteiger partial charge in [0.2, 0.25) is 6.41 Å². The molecule has 0 aromatic rings. The number of piperidine rings is 1. The number of amides is 1. The Balaban J connectivity index is 2.24. The molecule has 0 aliphatic carbocycles. The van der Waals surface area contributed by atoms with E-state index >= 15 is 0 Å². The minimum Gasteiger partial charge on any atom is -0.356 e. The van der Waals surface area contributed by atoms with Crippen LogP contribution in [0, 0.1) is 0 Å². The first kappa shape index (κ1) is 7.54. The zero-order valence-corrected chi connectivity index (χ0v) is 6.26. The van der Waals surface area contributed by atoms with Crippen molar-refractivity contribution in [2.24, 2.45) is 0 Å². The van der Waals surface area contributed by atoms with Crippen LogP contribution >= 0.6 is 0 Å². The molecule has 10 heavy (non-hydrogen) atoms. The zero-order chi connectivity index (χ0) is 7.40. The molecule has 3 nitrogen and oxygen atoms in total. The van der Waals surface area contributed by atoms with E-state index in [9.17, 15) is 4.79 Å². The van der Waals surface area contributed by atoms with Crippen molar-refractivity contribution in [3.8, 4) is 0 Å². The molecule has 1 rings (SSSR count). The molecule has 1 heterocycles. The monoisotopic (exact) mass is 142 g/mol. The summed E-state index contributed by atoms with van der Waals surface area (Å²) in [5.74, 6) is 0. The fourth-order valence-corrected chi connectivity index (χ4v) is 1.38. The first-order valence-corrected chi connectivity index (χ1v) is 3.76. The number of carbonyl (C=O) groups is 1. The summed E-state index contributed by atoms with van der Waals surface area (Å²) in [7, 11) is 0. The first-order valence-electron chi connectivity index (χ1n) is 3.76. The highest BCUT2D eigenvalue weighted by atomic mass is 16.1. The van der Waals surface area contributed by atoms with Gasteiger partial charge in [0.05, 0.1) is 0 Å². The fourth-order valence-electron chi connectivity index (χ4n) is 1.38. The number of rotatable bonds is 2. The third-order valence-electron chi connectivity index (χ3n) is 1.93. The number of hydrogen-bond donors (Lipinski definition) is 2. The summed E-state index contributed by atoms with van der Waals surface area (Å²) >= 11 is 0. The summed E-state index contributed by atoms with van der Waals surface area (Å²) in [6, 6.07) is 0.944. The molecule has 0 saturated carbocycles. The molecule has 1 aliphatic heterocycles. The van der Waals surface area contributed by atoms with Gasteiger partial charge in [-0.05, 0) is 26.3 Å². The van der Waals surface area contributed by atoms with Gasteiger partial charge in [0.15, 0.2) is 0 Å². The van der Waals surface area contributed by atoms with E-state index in [-0.39, 0.29) is 0 Å².